The summed E-state index contributed by atoms with van der Waals surface area (Å²) in [4.78, 5) is 9.64. The maximum atomic E-state index is 5.94. The molecule has 0 saturated heterocycles. The zero-order valence-electron chi connectivity index (χ0n) is 14.0. The Kier molecular flexibility index (Phi) is 5.71. The summed E-state index contributed by atoms with van der Waals surface area (Å²) in [6.07, 6.45) is 7.07. The van der Waals surface area contributed by atoms with Crippen LogP contribution in [0.3, 0.4) is 0 Å². The van der Waals surface area contributed by atoms with Crippen LogP contribution in [0.4, 0.5) is 0 Å². The van der Waals surface area contributed by atoms with Crippen molar-refractivity contribution in [3.05, 3.63) is 22.8 Å². The summed E-state index contributed by atoms with van der Waals surface area (Å²) in [5.41, 5.74) is 3.11. The van der Waals surface area contributed by atoms with Crippen molar-refractivity contribution in [3.63, 3.8) is 0 Å². The summed E-state index contributed by atoms with van der Waals surface area (Å²) in [5.74, 6) is 0.891. The lowest BCUT2D eigenvalue weighted by molar-refractivity contribution is -0.0354. The van der Waals surface area contributed by atoms with Crippen LogP contribution in [0.1, 0.15) is 68.2 Å². The zero-order chi connectivity index (χ0) is 15.3. The second kappa shape index (κ2) is 7.32. The van der Waals surface area contributed by atoms with Crippen molar-refractivity contribution < 1.29 is 4.74 Å². The van der Waals surface area contributed by atoms with Crippen LogP contribution in [0.5, 0.6) is 0 Å². The molecular formula is C17H29N3O. The minimum atomic E-state index is -0.275. The fraction of sp³-hybridized carbons (Fsp3) is 0.765. The molecule has 0 aliphatic heterocycles. The summed E-state index contributed by atoms with van der Waals surface area (Å²) < 4.78 is 5.94. The van der Waals surface area contributed by atoms with E-state index in [9.17, 15) is 0 Å². The van der Waals surface area contributed by atoms with Crippen molar-refractivity contribution >= 4 is 0 Å². The Bertz CT molecular complexity index is 442. The number of aryl methyl sites for hydroxylation is 2. The Morgan fingerprint density at radius 2 is 1.62 bits per heavy atom. The molecule has 4 heteroatoms. The van der Waals surface area contributed by atoms with Gasteiger partial charge >= 0.3 is 0 Å². The minimum Gasteiger partial charge on any atom is -0.370 e. The van der Waals surface area contributed by atoms with Gasteiger partial charge in [-0.2, -0.15) is 0 Å². The monoisotopic (exact) mass is 291 g/mol. The predicted octanol–water partition coefficient (Wildman–Crippen LogP) is 3.40. The first-order valence-electron chi connectivity index (χ1n) is 8.23. The van der Waals surface area contributed by atoms with E-state index in [0.717, 1.165) is 43.1 Å². The topological polar surface area (TPSA) is 47.0 Å². The third kappa shape index (κ3) is 3.61. The molecule has 1 aromatic rings. The van der Waals surface area contributed by atoms with Gasteiger partial charge in [0, 0.05) is 30.6 Å². The number of rotatable bonds is 5. The quantitative estimate of drug-likeness (QED) is 0.845. The molecule has 1 aliphatic carbocycles. The molecule has 1 aromatic heterocycles. The number of ether oxygens (including phenoxy) is 1. The van der Waals surface area contributed by atoms with E-state index in [1.54, 1.807) is 0 Å². The Hall–Kier alpha value is -1.00. The lowest BCUT2D eigenvalue weighted by Gasteiger charge is -2.30. The molecule has 4 nitrogen and oxygen atoms in total. The van der Waals surface area contributed by atoms with Gasteiger partial charge in [-0.05, 0) is 33.2 Å². The molecule has 1 saturated carbocycles. The highest BCUT2D eigenvalue weighted by atomic mass is 16.5. The average Bonchev–Trinajstić information content (AvgIpc) is 2.72. The van der Waals surface area contributed by atoms with Crippen LogP contribution < -0.4 is 5.32 Å². The first-order chi connectivity index (χ1) is 10.1. The van der Waals surface area contributed by atoms with E-state index in [4.69, 9.17) is 14.7 Å². The fourth-order valence-corrected chi connectivity index (χ4v) is 3.27. The SMILES string of the molecule is CCNCc1c(C)nc(C2(OC)CCCCCC2)nc1C. The standard InChI is InChI=1S/C17H29N3O/c1-5-18-12-15-13(2)19-16(20-14(15)3)17(21-4)10-8-6-7-9-11-17/h18H,5-12H2,1-4H3. The van der Waals surface area contributed by atoms with Crippen molar-refractivity contribution in [2.45, 2.75) is 71.4 Å². The second-order valence-corrected chi connectivity index (χ2v) is 6.09. The Balaban J connectivity index is 2.34. The van der Waals surface area contributed by atoms with E-state index < -0.39 is 0 Å². The summed E-state index contributed by atoms with van der Waals surface area (Å²) in [6.45, 7) is 8.10. The number of hydrogen-bond acceptors (Lipinski definition) is 4. The molecule has 2 rings (SSSR count). The maximum Gasteiger partial charge on any atom is 0.160 e. The molecule has 1 fully saturated rings. The summed E-state index contributed by atoms with van der Waals surface area (Å²) in [5, 5.41) is 3.37. The van der Waals surface area contributed by atoms with Gasteiger partial charge in [0.2, 0.25) is 0 Å². The molecular weight excluding hydrogens is 262 g/mol. The largest absolute Gasteiger partial charge is 0.370 e. The third-order valence-electron chi connectivity index (χ3n) is 4.68. The molecule has 21 heavy (non-hydrogen) atoms. The van der Waals surface area contributed by atoms with Crippen molar-refractivity contribution in [2.75, 3.05) is 13.7 Å². The lowest BCUT2D eigenvalue weighted by Crippen LogP contribution is -2.31. The maximum absolute atomic E-state index is 5.94. The van der Waals surface area contributed by atoms with Crippen molar-refractivity contribution in [1.29, 1.82) is 0 Å². The van der Waals surface area contributed by atoms with Crippen LogP contribution in [0.2, 0.25) is 0 Å². The van der Waals surface area contributed by atoms with Gasteiger partial charge in [0.25, 0.3) is 0 Å². The highest BCUT2D eigenvalue weighted by molar-refractivity contribution is 5.26. The highest BCUT2D eigenvalue weighted by Crippen LogP contribution is 2.37. The van der Waals surface area contributed by atoms with Crippen LogP contribution >= 0.6 is 0 Å². The molecule has 1 aliphatic rings. The summed E-state index contributed by atoms with van der Waals surface area (Å²) in [6, 6.07) is 0. The number of methoxy groups -OCH3 is 1. The van der Waals surface area contributed by atoms with Gasteiger partial charge in [-0.1, -0.05) is 32.6 Å². The van der Waals surface area contributed by atoms with E-state index in [2.05, 4.69) is 26.1 Å². The molecule has 0 amide bonds. The molecule has 0 unspecified atom stereocenters. The number of nitrogens with one attached hydrogen (secondary N) is 1. The Morgan fingerprint density at radius 1 is 1.05 bits per heavy atom. The molecule has 0 radical (unpaired) electrons. The van der Waals surface area contributed by atoms with Gasteiger partial charge < -0.3 is 10.1 Å². The fourth-order valence-electron chi connectivity index (χ4n) is 3.27. The van der Waals surface area contributed by atoms with E-state index in [0.29, 0.717) is 0 Å². The van der Waals surface area contributed by atoms with Crippen LogP contribution in [0.15, 0.2) is 0 Å². The molecule has 1 heterocycles. The van der Waals surface area contributed by atoms with E-state index >= 15 is 0 Å². The molecule has 118 valence electrons. The van der Waals surface area contributed by atoms with Gasteiger partial charge in [-0.3, -0.25) is 0 Å². The van der Waals surface area contributed by atoms with Crippen molar-refractivity contribution in [3.8, 4) is 0 Å². The van der Waals surface area contributed by atoms with Crippen LogP contribution in [-0.2, 0) is 16.9 Å². The minimum absolute atomic E-state index is 0.275. The molecule has 0 spiro atoms. The highest BCUT2D eigenvalue weighted by Gasteiger charge is 2.36. The zero-order valence-corrected chi connectivity index (χ0v) is 14.0. The molecule has 1 N–H and O–H groups in total. The van der Waals surface area contributed by atoms with Crippen LogP contribution in [0, 0.1) is 13.8 Å². The smallest absolute Gasteiger partial charge is 0.160 e. The van der Waals surface area contributed by atoms with Gasteiger partial charge in [0.05, 0.1) is 0 Å². The molecule has 0 aromatic carbocycles. The first-order valence-corrected chi connectivity index (χ1v) is 8.23. The summed E-state index contributed by atoms with van der Waals surface area (Å²) in [7, 11) is 1.81. The van der Waals surface area contributed by atoms with Gasteiger partial charge in [0.1, 0.15) is 5.60 Å². The van der Waals surface area contributed by atoms with Gasteiger partial charge in [-0.25, -0.2) is 9.97 Å². The van der Waals surface area contributed by atoms with E-state index in [-0.39, 0.29) is 5.60 Å². The van der Waals surface area contributed by atoms with Crippen molar-refractivity contribution in [2.24, 2.45) is 0 Å². The number of aromatic nitrogens is 2. The summed E-state index contributed by atoms with van der Waals surface area (Å²) >= 11 is 0. The second-order valence-electron chi connectivity index (χ2n) is 6.09. The lowest BCUT2D eigenvalue weighted by atomic mass is 9.92. The van der Waals surface area contributed by atoms with Crippen molar-refractivity contribution in [1.82, 2.24) is 15.3 Å². The van der Waals surface area contributed by atoms with Crippen LogP contribution in [0.25, 0.3) is 0 Å². The van der Waals surface area contributed by atoms with E-state index in [1.807, 2.05) is 7.11 Å². The average molecular weight is 291 g/mol. The first kappa shape index (κ1) is 16.4. The number of hydrogen-bond donors (Lipinski definition) is 1. The molecule has 0 atom stereocenters. The predicted molar refractivity (Wildman–Crippen MR) is 85.3 cm³/mol. The third-order valence-corrected chi connectivity index (χ3v) is 4.68. The van der Waals surface area contributed by atoms with Crippen LogP contribution in [-0.4, -0.2) is 23.6 Å². The Labute approximate surface area is 128 Å². The van der Waals surface area contributed by atoms with Gasteiger partial charge in [-0.15, -0.1) is 0 Å². The van der Waals surface area contributed by atoms with Gasteiger partial charge in [0.15, 0.2) is 5.82 Å². The number of nitrogens with zero attached hydrogens (tertiary/aromatic N) is 2. The molecule has 0 bridgehead atoms. The van der Waals surface area contributed by atoms with E-state index in [1.165, 1.54) is 31.2 Å². The Morgan fingerprint density at radius 3 is 2.10 bits per heavy atom. The normalized spacial score (nSPS) is 18.5.